The van der Waals surface area contributed by atoms with Gasteiger partial charge in [0, 0.05) is 32.6 Å². The number of hydrogen-bond acceptors (Lipinski definition) is 3. The molecule has 1 N–H and O–H groups in total. The number of aromatic nitrogens is 2. The van der Waals surface area contributed by atoms with Crippen LogP contribution in [0.5, 0.6) is 0 Å². The SMILES string of the molecule is COCCNc1nccn1CC1CCCCC1C. The van der Waals surface area contributed by atoms with Crippen molar-refractivity contribution in [2.24, 2.45) is 11.8 Å². The second-order valence-corrected chi connectivity index (χ2v) is 5.34. The number of nitrogens with zero attached hydrogens (tertiary/aromatic N) is 2. The first kappa shape index (κ1) is 13.4. The lowest BCUT2D eigenvalue weighted by Gasteiger charge is -2.29. The Morgan fingerprint density at radius 2 is 2.28 bits per heavy atom. The fourth-order valence-corrected chi connectivity index (χ4v) is 2.81. The minimum Gasteiger partial charge on any atom is -0.383 e. The fourth-order valence-electron chi connectivity index (χ4n) is 2.81. The van der Waals surface area contributed by atoms with Gasteiger partial charge in [-0.2, -0.15) is 0 Å². The van der Waals surface area contributed by atoms with Crippen LogP contribution in [0.3, 0.4) is 0 Å². The Hall–Kier alpha value is -1.03. The van der Waals surface area contributed by atoms with Crippen LogP contribution in [0.25, 0.3) is 0 Å². The minimum absolute atomic E-state index is 0.715. The maximum absolute atomic E-state index is 5.05. The molecule has 1 aromatic heterocycles. The van der Waals surface area contributed by atoms with Gasteiger partial charge in [0.1, 0.15) is 0 Å². The van der Waals surface area contributed by atoms with E-state index in [0.717, 1.165) is 30.9 Å². The molecule has 1 aliphatic carbocycles. The van der Waals surface area contributed by atoms with Crippen LogP contribution in [0, 0.1) is 11.8 Å². The molecule has 0 aromatic carbocycles. The Kier molecular flexibility index (Phi) is 5.05. The van der Waals surface area contributed by atoms with E-state index >= 15 is 0 Å². The number of hydrogen-bond donors (Lipinski definition) is 1. The van der Waals surface area contributed by atoms with Gasteiger partial charge in [-0.05, 0) is 18.3 Å². The molecule has 4 heteroatoms. The molecule has 1 heterocycles. The van der Waals surface area contributed by atoms with Crippen molar-refractivity contribution < 1.29 is 4.74 Å². The van der Waals surface area contributed by atoms with Crippen LogP contribution in [0.15, 0.2) is 12.4 Å². The second kappa shape index (κ2) is 6.78. The number of rotatable bonds is 6. The lowest BCUT2D eigenvalue weighted by atomic mass is 9.80. The molecule has 102 valence electrons. The average Bonchev–Trinajstić information content (AvgIpc) is 2.80. The average molecular weight is 251 g/mol. The van der Waals surface area contributed by atoms with Gasteiger partial charge in [0.05, 0.1) is 6.61 Å². The van der Waals surface area contributed by atoms with E-state index in [2.05, 4.69) is 28.0 Å². The summed E-state index contributed by atoms with van der Waals surface area (Å²) in [7, 11) is 1.72. The summed E-state index contributed by atoms with van der Waals surface area (Å²) in [6, 6.07) is 0. The molecule has 1 saturated carbocycles. The van der Waals surface area contributed by atoms with Crippen molar-refractivity contribution in [3.05, 3.63) is 12.4 Å². The summed E-state index contributed by atoms with van der Waals surface area (Å²) >= 11 is 0. The van der Waals surface area contributed by atoms with Gasteiger partial charge in [-0.25, -0.2) is 4.98 Å². The zero-order valence-electron chi connectivity index (χ0n) is 11.6. The predicted molar refractivity (Wildman–Crippen MR) is 73.7 cm³/mol. The normalized spacial score (nSPS) is 24.1. The second-order valence-electron chi connectivity index (χ2n) is 5.34. The lowest BCUT2D eigenvalue weighted by molar-refractivity contribution is 0.210. The van der Waals surface area contributed by atoms with Crippen molar-refractivity contribution in [1.82, 2.24) is 9.55 Å². The van der Waals surface area contributed by atoms with Crippen molar-refractivity contribution in [2.45, 2.75) is 39.2 Å². The number of nitrogens with one attached hydrogen (secondary N) is 1. The van der Waals surface area contributed by atoms with Crippen molar-refractivity contribution in [1.29, 1.82) is 0 Å². The van der Waals surface area contributed by atoms with Crippen LogP contribution in [0.1, 0.15) is 32.6 Å². The summed E-state index contributed by atoms with van der Waals surface area (Å²) in [6.45, 7) is 5.01. The first-order valence-electron chi connectivity index (χ1n) is 7.05. The van der Waals surface area contributed by atoms with Crippen molar-refractivity contribution in [3.8, 4) is 0 Å². The molecule has 2 unspecified atom stereocenters. The Bertz CT molecular complexity index is 351. The molecule has 0 radical (unpaired) electrons. The quantitative estimate of drug-likeness (QED) is 0.790. The Morgan fingerprint density at radius 3 is 3.06 bits per heavy atom. The van der Waals surface area contributed by atoms with Crippen molar-refractivity contribution in [3.63, 3.8) is 0 Å². The lowest BCUT2D eigenvalue weighted by Crippen LogP contribution is -2.23. The van der Waals surface area contributed by atoms with Gasteiger partial charge in [0.2, 0.25) is 5.95 Å². The van der Waals surface area contributed by atoms with E-state index < -0.39 is 0 Å². The zero-order chi connectivity index (χ0) is 12.8. The summed E-state index contributed by atoms with van der Waals surface area (Å²) in [6.07, 6.45) is 9.48. The van der Waals surface area contributed by atoms with Gasteiger partial charge in [-0.1, -0.05) is 26.2 Å². The van der Waals surface area contributed by atoms with E-state index in [1.807, 2.05) is 6.20 Å². The van der Waals surface area contributed by atoms with Gasteiger partial charge >= 0.3 is 0 Å². The molecule has 0 bridgehead atoms. The first-order valence-corrected chi connectivity index (χ1v) is 7.05. The minimum atomic E-state index is 0.715. The number of methoxy groups -OCH3 is 1. The molecule has 0 spiro atoms. The number of ether oxygens (including phenoxy) is 1. The van der Waals surface area contributed by atoms with E-state index in [0.29, 0.717) is 6.61 Å². The largest absolute Gasteiger partial charge is 0.383 e. The fraction of sp³-hybridized carbons (Fsp3) is 0.786. The molecule has 18 heavy (non-hydrogen) atoms. The summed E-state index contributed by atoms with van der Waals surface area (Å²) in [4.78, 5) is 4.37. The standard InChI is InChI=1S/C14H25N3O/c1-12-5-3-4-6-13(12)11-17-9-7-15-14(17)16-8-10-18-2/h7,9,12-13H,3-6,8,10-11H2,1-2H3,(H,15,16). The summed E-state index contributed by atoms with van der Waals surface area (Å²) in [5.41, 5.74) is 0. The number of imidazole rings is 1. The van der Waals surface area contributed by atoms with E-state index in [1.54, 1.807) is 7.11 Å². The van der Waals surface area contributed by atoms with E-state index in [1.165, 1.54) is 25.7 Å². The van der Waals surface area contributed by atoms with E-state index in [-0.39, 0.29) is 0 Å². The van der Waals surface area contributed by atoms with Crippen LogP contribution in [-0.2, 0) is 11.3 Å². The molecule has 0 saturated heterocycles. The summed E-state index contributed by atoms with van der Waals surface area (Å²) in [5.74, 6) is 2.62. The van der Waals surface area contributed by atoms with Crippen molar-refractivity contribution >= 4 is 5.95 Å². The highest BCUT2D eigenvalue weighted by Crippen LogP contribution is 2.31. The molecule has 0 amide bonds. The Balaban J connectivity index is 1.90. The molecule has 4 nitrogen and oxygen atoms in total. The molecule has 1 aliphatic rings. The molecule has 0 aliphatic heterocycles. The van der Waals surface area contributed by atoms with Gasteiger partial charge in [0.25, 0.3) is 0 Å². The monoisotopic (exact) mass is 251 g/mol. The Morgan fingerprint density at radius 1 is 1.44 bits per heavy atom. The predicted octanol–water partition coefficient (Wildman–Crippen LogP) is 2.77. The van der Waals surface area contributed by atoms with E-state index in [9.17, 15) is 0 Å². The highest BCUT2D eigenvalue weighted by atomic mass is 16.5. The summed E-state index contributed by atoms with van der Waals surface area (Å²) in [5, 5.41) is 3.33. The maximum Gasteiger partial charge on any atom is 0.202 e. The van der Waals surface area contributed by atoms with Gasteiger partial charge in [-0.3, -0.25) is 0 Å². The number of anilines is 1. The summed E-state index contributed by atoms with van der Waals surface area (Å²) < 4.78 is 7.30. The van der Waals surface area contributed by atoms with Gasteiger partial charge < -0.3 is 14.6 Å². The van der Waals surface area contributed by atoms with Gasteiger partial charge in [0.15, 0.2) is 0 Å². The third-order valence-corrected chi connectivity index (χ3v) is 4.03. The maximum atomic E-state index is 5.05. The third kappa shape index (κ3) is 3.48. The van der Waals surface area contributed by atoms with Crippen LogP contribution < -0.4 is 5.32 Å². The smallest absolute Gasteiger partial charge is 0.202 e. The molecule has 2 rings (SSSR count). The Labute approximate surface area is 110 Å². The van der Waals surface area contributed by atoms with Crippen LogP contribution in [0.4, 0.5) is 5.95 Å². The zero-order valence-corrected chi connectivity index (χ0v) is 11.6. The molecule has 1 aromatic rings. The third-order valence-electron chi connectivity index (χ3n) is 4.03. The topological polar surface area (TPSA) is 39.1 Å². The molecular weight excluding hydrogens is 226 g/mol. The van der Waals surface area contributed by atoms with Crippen molar-refractivity contribution in [2.75, 3.05) is 25.6 Å². The van der Waals surface area contributed by atoms with Crippen LogP contribution in [-0.4, -0.2) is 29.8 Å². The first-order chi connectivity index (χ1) is 8.81. The highest BCUT2D eigenvalue weighted by Gasteiger charge is 2.22. The molecular formula is C14H25N3O. The van der Waals surface area contributed by atoms with Crippen LogP contribution >= 0.6 is 0 Å². The van der Waals surface area contributed by atoms with E-state index in [4.69, 9.17) is 4.74 Å². The highest BCUT2D eigenvalue weighted by molar-refractivity contribution is 5.25. The molecule has 1 fully saturated rings. The van der Waals surface area contributed by atoms with Crippen LogP contribution in [0.2, 0.25) is 0 Å². The van der Waals surface area contributed by atoms with Gasteiger partial charge in [-0.15, -0.1) is 0 Å². The molecule has 2 atom stereocenters.